The molecule has 0 fully saturated rings. The van der Waals surface area contributed by atoms with Gasteiger partial charge in [0, 0.05) is 46.8 Å². The predicted molar refractivity (Wildman–Crippen MR) is 127 cm³/mol. The molecule has 0 aliphatic rings. The highest BCUT2D eigenvalue weighted by molar-refractivity contribution is 6.35. The van der Waals surface area contributed by atoms with Crippen LogP contribution in [0.15, 0.2) is 59.3 Å². The predicted octanol–water partition coefficient (Wildman–Crippen LogP) is 5.46. The maximum atomic E-state index is 12.0. The molecule has 0 saturated heterocycles. The third kappa shape index (κ3) is 5.33. The van der Waals surface area contributed by atoms with Crippen LogP contribution in [0.1, 0.15) is 34.4 Å². The second kappa shape index (κ2) is 10.2. The molecule has 4 aromatic rings. The lowest BCUT2D eigenvalue weighted by molar-refractivity contribution is 0.0950. The fourth-order valence-corrected chi connectivity index (χ4v) is 4.12. The normalized spacial score (nSPS) is 11.4. The fraction of sp³-hybridized carbons (Fsp3) is 0.250. The molecule has 2 N–H and O–H groups in total. The van der Waals surface area contributed by atoms with E-state index in [9.17, 15) is 4.79 Å². The molecule has 0 atom stereocenters. The monoisotopic (exact) mass is 470 g/mol. The first-order valence-corrected chi connectivity index (χ1v) is 11.2. The zero-order valence-electron chi connectivity index (χ0n) is 17.7. The van der Waals surface area contributed by atoms with E-state index in [-0.39, 0.29) is 11.6 Å². The molecule has 2 heterocycles. The van der Waals surface area contributed by atoms with Gasteiger partial charge in [-0.15, -0.1) is 0 Å². The van der Waals surface area contributed by atoms with Gasteiger partial charge in [0.15, 0.2) is 5.69 Å². The van der Waals surface area contributed by atoms with Crippen molar-refractivity contribution in [3.8, 4) is 0 Å². The van der Waals surface area contributed by atoms with Crippen molar-refractivity contribution >= 4 is 40.0 Å². The van der Waals surface area contributed by atoms with Crippen molar-refractivity contribution in [2.45, 2.75) is 26.4 Å². The summed E-state index contributed by atoms with van der Waals surface area (Å²) >= 11 is 12.5. The highest BCUT2D eigenvalue weighted by atomic mass is 35.5. The maximum absolute atomic E-state index is 12.0. The summed E-state index contributed by atoms with van der Waals surface area (Å²) < 4.78 is 5.58. The largest absolute Gasteiger partial charge is 0.447 e. The van der Waals surface area contributed by atoms with Crippen molar-refractivity contribution in [3.63, 3.8) is 0 Å². The zero-order chi connectivity index (χ0) is 22.5. The maximum Gasteiger partial charge on any atom is 0.273 e. The summed E-state index contributed by atoms with van der Waals surface area (Å²) in [5, 5.41) is 5.16. The Morgan fingerprint density at radius 1 is 1.16 bits per heavy atom. The minimum Gasteiger partial charge on any atom is -0.447 e. The fourth-order valence-electron chi connectivity index (χ4n) is 3.65. The van der Waals surface area contributed by atoms with Crippen LogP contribution in [0, 0.1) is 0 Å². The van der Waals surface area contributed by atoms with Crippen LogP contribution < -0.4 is 5.32 Å². The number of rotatable bonds is 9. The Bertz CT molecular complexity index is 1220. The van der Waals surface area contributed by atoms with Crippen molar-refractivity contribution < 1.29 is 9.21 Å². The second-order valence-corrected chi connectivity index (χ2v) is 8.39. The van der Waals surface area contributed by atoms with E-state index in [1.165, 1.54) is 17.2 Å². The average molecular weight is 471 g/mol. The first-order chi connectivity index (χ1) is 15.5. The number of nitrogens with one attached hydrogen (secondary N) is 2. The van der Waals surface area contributed by atoms with Gasteiger partial charge in [0.2, 0.25) is 5.89 Å². The Labute approximate surface area is 196 Å². The molecule has 1 amide bonds. The number of H-pyrrole nitrogens is 1. The van der Waals surface area contributed by atoms with Gasteiger partial charge in [0.05, 0.1) is 6.54 Å². The van der Waals surface area contributed by atoms with Gasteiger partial charge >= 0.3 is 0 Å². The number of benzene rings is 2. The lowest BCUT2D eigenvalue weighted by Gasteiger charge is -2.21. The van der Waals surface area contributed by atoms with Crippen molar-refractivity contribution in [2.75, 3.05) is 13.1 Å². The molecule has 166 valence electrons. The number of fused-ring (bicyclic) bond motifs is 1. The molecule has 0 aliphatic heterocycles. The molecule has 0 aliphatic carbocycles. The Hall–Kier alpha value is -2.80. The van der Waals surface area contributed by atoms with Crippen molar-refractivity contribution in [1.82, 2.24) is 20.2 Å². The van der Waals surface area contributed by atoms with Crippen LogP contribution in [0.4, 0.5) is 0 Å². The molecule has 0 unspecified atom stereocenters. The van der Waals surface area contributed by atoms with E-state index in [0.717, 1.165) is 24.0 Å². The Kier molecular flexibility index (Phi) is 7.15. The molecule has 0 spiro atoms. The number of aromatic nitrogens is 2. The van der Waals surface area contributed by atoms with Crippen LogP contribution >= 0.6 is 23.2 Å². The summed E-state index contributed by atoms with van der Waals surface area (Å²) in [7, 11) is 0. The van der Waals surface area contributed by atoms with Crippen LogP contribution in [0.3, 0.4) is 0 Å². The van der Waals surface area contributed by atoms with Crippen molar-refractivity contribution in [3.05, 3.63) is 87.7 Å². The van der Waals surface area contributed by atoms with Gasteiger partial charge in [-0.2, -0.15) is 0 Å². The minimum atomic E-state index is -0.242. The summed E-state index contributed by atoms with van der Waals surface area (Å²) in [5.41, 5.74) is 3.60. The molecule has 2 aromatic heterocycles. The van der Waals surface area contributed by atoms with E-state index in [0.29, 0.717) is 35.6 Å². The van der Waals surface area contributed by atoms with Crippen molar-refractivity contribution in [2.24, 2.45) is 0 Å². The van der Waals surface area contributed by atoms with Gasteiger partial charge < -0.3 is 14.7 Å². The summed E-state index contributed by atoms with van der Waals surface area (Å²) in [4.78, 5) is 21.9. The lowest BCUT2D eigenvalue weighted by atomic mass is 10.1. The van der Waals surface area contributed by atoms with E-state index in [2.05, 4.69) is 38.5 Å². The van der Waals surface area contributed by atoms with E-state index in [1.54, 1.807) is 6.07 Å². The molecule has 0 saturated carbocycles. The molecule has 32 heavy (non-hydrogen) atoms. The van der Waals surface area contributed by atoms with E-state index >= 15 is 0 Å². The van der Waals surface area contributed by atoms with Crippen LogP contribution in [0.5, 0.6) is 0 Å². The van der Waals surface area contributed by atoms with Gasteiger partial charge in [0.25, 0.3) is 5.91 Å². The number of amides is 1. The summed E-state index contributed by atoms with van der Waals surface area (Å²) in [5.74, 6) is 0.240. The highest BCUT2D eigenvalue weighted by Gasteiger charge is 2.17. The number of halogens is 2. The number of hydrogen-bond acceptors (Lipinski definition) is 4. The Balaban J connectivity index is 1.52. The molecule has 0 radical (unpaired) electrons. The van der Waals surface area contributed by atoms with Gasteiger partial charge in [-0.25, -0.2) is 4.98 Å². The summed E-state index contributed by atoms with van der Waals surface area (Å²) in [6.07, 6.45) is 4.28. The molecule has 6 nitrogen and oxygen atoms in total. The van der Waals surface area contributed by atoms with Crippen LogP contribution in [0.25, 0.3) is 10.9 Å². The second-order valence-electron chi connectivity index (χ2n) is 7.54. The Morgan fingerprint density at radius 2 is 2.00 bits per heavy atom. The quantitative estimate of drug-likeness (QED) is 0.340. The number of hydrogen-bond donors (Lipinski definition) is 2. The lowest BCUT2D eigenvalue weighted by Crippen LogP contribution is -2.26. The van der Waals surface area contributed by atoms with E-state index < -0.39 is 0 Å². The van der Waals surface area contributed by atoms with E-state index in [1.807, 2.05) is 31.2 Å². The van der Waals surface area contributed by atoms with Crippen LogP contribution in [-0.4, -0.2) is 33.9 Å². The number of nitrogens with zero attached hydrogens (tertiary/aromatic N) is 2. The molecular formula is C24H24Cl2N4O2. The average Bonchev–Trinajstić information content (AvgIpc) is 3.41. The molecule has 4 rings (SSSR count). The minimum absolute atomic E-state index is 0.242. The summed E-state index contributed by atoms with van der Waals surface area (Å²) in [6, 6.07) is 13.8. The number of oxazole rings is 1. The van der Waals surface area contributed by atoms with Crippen LogP contribution in [0.2, 0.25) is 10.0 Å². The Morgan fingerprint density at radius 3 is 2.81 bits per heavy atom. The smallest absolute Gasteiger partial charge is 0.273 e. The molecule has 0 bridgehead atoms. The third-order valence-electron chi connectivity index (χ3n) is 5.26. The van der Waals surface area contributed by atoms with Crippen LogP contribution in [-0.2, 0) is 19.5 Å². The zero-order valence-corrected chi connectivity index (χ0v) is 19.2. The highest BCUT2D eigenvalue weighted by Crippen LogP contribution is 2.24. The van der Waals surface area contributed by atoms with Gasteiger partial charge in [-0.1, -0.05) is 47.5 Å². The molecule has 2 aromatic carbocycles. The SMILES string of the molecule is CCNC(=O)c1coc(CN(CCc2c[nH]c3ccccc23)Cc2ccc(Cl)cc2Cl)n1. The van der Waals surface area contributed by atoms with Gasteiger partial charge in [-0.05, 0) is 42.7 Å². The first kappa shape index (κ1) is 22.4. The van der Waals surface area contributed by atoms with E-state index in [4.69, 9.17) is 27.6 Å². The molecular weight excluding hydrogens is 447 g/mol. The number of para-hydroxylation sites is 1. The van der Waals surface area contributed by atoms with Gasteiger partial charge in [0.1, 0.15) is 6.26 Å². The number of aromatic amines is 1. The summed E-state index contributed by atoms with van der Waals surface area (Å²) in [6.45, 7) is 4.19. The topological polar surface area (TPSA) is 74.2 Å². The van der Waals surface area contributed by atoms with Crippen molar-refractivity contribution in [1.29, 1.82) is 0 Å². The number of carbonyl (C=O) groups excluding carboxylic acids is 1. The molecule has 8 heteroatoms. The van der Waals surface area contributed by atoms with Gasteiger partial charge in [-0.3, -0.25) is 9.69 Å². The standard InChI is InChI=1S/C24H24Cl2N4O2/c1-2-27-24(31)22-15-32-23(29-22)14-30(13-17-7-8-18(25)11-20(17)26)10-9-16-12-28-21-6-4-3-5-19(16)21/h3-8,11-12,15,28H,2,9-10,13-14H2,1H3,(H,27,31). The third-order valence-corrected chi connectivity index (χ3v) is 5.85. The first-order valence-electron chi connectivity index (χ1n) is 10.5. The number of carbonyl (C=O) groups is 1.